The summed E-state index contributed by atoms with van der Waals surface area (Å²) in [6, 6.07) is 0.441. The van der Waals surface area contributed by atoms with Crippen LogP contribution < -0.4 is 10.2 Å². The van der Waals surface area contributed by atoms with Crippen LogP contribution in [0.4, 0.5) is 10.2 Å². The molecule has 0 aromatic carbocycles. The van der Waals surface area contributed by atoms with Crippen LogP contribution in [0, 0.1) is 5.82 Å². The predicted octanol–water partition coefficient (Wildman–Crippen LogP) is 1.54. The van der Waals surface area contributed by atoms with Gasteiger partial charge in [-0.05, 0) is 13.5 Å². The highest BCUT2D eigenvalue weighted by Crippen LogP contribution is 2.27. The molecule has 2 heterocycles. The maximum absolute atomic E-state index is 14.2. The van der Waals surface area contributed by atoms with E-state index in [1.807, 2.05) is 25.8 Å². The van der Waals surface area contributed by atoms with Crippen molar-refractivity contribution in [2.75, 3.05) is 25.0 Å². The molecule has 1 unspecified atom stereocenters. The molecule has 17 heavy (non-hydrogen) atoms. The average molecular weight is 238 g/mol. The van der Waals surface area contributed by atoms with E-state index in [-0.39, 0.29) is 11.7 Å². The van der Waals surface area contributed by atoms with E-state index < -0.39 is 0 Å². The second kappa shape index (κ2) is 4.96. The lowest BCUT2D eigenvalue weighted by atomic mass is 10.0. The van der Waals surface area contributed by atoms with Crippen LogP contribution in [0.25, 0.3) is 0 Å². The molecule has 2 rings (SSSR count). The number of likely N-dealkylation sites (N-methyl/N-ethyl adjacent to an activating group) is 1. The second-order valence-corrected chi connectivity index (χ2v) is 4.60. The number of aromatic nitrogens is 2. The van der Waals surface area contributed by atoms with Crippen LogP contribution in [0.2, 0.25) is 0 Å². The first kappa shape index (κ1) is 12.2. The van der Waals surface area contributed by atoms with Gasteiger partial charge in [0.1, 0.15) is 6.33 Å². The van der Waals surface area contributed by atoms with Crippen molar-refractivity contribution in [3.63, 3.8) is 0 Å². The topological polar surface area (TPSA) is 41.1 Å². The van der Waals surface area contributed by atoms with Gasteiger partial charge in [0.05, 0.1) is 5.69 Å². The Bertz CT molecular complexity index is 390. The highest BCUT2D eigenvalue weighted by Gasteiger charge is 2.29. The first-order valence-corrected chi connectivity index (χ1v) is 6.10. The molecule has 0 aliphatic carbocycles. The van der Waals surface area contributed by atoms with Crippen molar-refractivity contribution in [3.05, 3.63) is 17.8 Å². The molecule has 0 radical (unpaired) electrons. The molecule has 1 aliphatic rings. The fourth-order valence-electron chi connectivity index (χ4n) is 1.97. The van der Waals surface area contributed by atoms with Crippen molar-refractivity contribution in [2.24, 2.45) is 0 Å². The number of hydrogen-bond acceptors (Lipinski definition) is 4. The smallest absolute Gasteiger partial charge is 0.187 e. The van der Waals surface area contributed by atoms with Gasteiger partial charge < -0.3 is 10.2 Å². The summed E-state index contributed by atoms with van der Waals surface area (Å²) in [6.07, 6.45) is 2.35. The molecule has 4 nitrogen and oxygen atoms in total. The minimum atomic E-state index is -0.253. The minimum Gasteiger partial charge on any atom is -0.351 e. The Morgan fingerprint density at radius 1 is 1.53 bits per heavy atom. The van der Waals surface area contributed by atoms with Gasteiger partial charge in [-0.3, -0.25) is 0 Å². The summed E-state index contributed by atoms with van der Waals surface area (Å²) in [6.45, 7) is 5.64. The van der Waals surface area contributed by atoms with Crippen molar-refractivity contribution < 1.29 is 4.39 Å². The van der Waals surface area contributed by atoms with Gasteiger partial charge in [-0.1, -0.05) is 13.8 Å². The third kappa shape index (κ3) is 2.24. The molecular formula is C12H19FN4. The van der Waals surface area contributed by atoms with E-state index >= 15 is 0 Å². The van der Waals surface area contributed by atoms with Crippen LogP contribution in [0.15, 0.2) is 6.33 Å². The van der Waals surface area contributed by atoms with E-state index in [9.17, 15) is 4.39 Å². The van der Waals surface area contributed by atoms with Gasteiger partial charge in [0.2, 0.25) is 0 Å². The fraction of sp³-hybridized carbons (Fsp3) is 0.667. The summed E-state index contributed by atoms with van der Waals surface area (Å²) >= 11 is 0. The summed E-state index contributed by atoms with van der Waals surface area (Å²) in [4.78, 5) is 10.1. The van der Waals surface area contributed by atoms with E-state index in [4.69, 9.17) is 0 Å². The first-order valence-electron chi connectivity index (χ1n) is 6.10. The average Bonchev–Trinajstić information content (AvgIpc) is 2.29. The summed E-state index contributed by atoms with van der Waals surface area (Å²) in [5, 5.41) is 3.16. The molecule has 94 valence electrons. The molecule has 5 heteroatoms. The number of anilines is 1. The Morgan fingerprint density at radius 2 is 2.24 bits per heavy atom. The lowest BCUT2D eigenvalue weighted by molar-refractivity contribution is 0.435. The first-order chi connectivity index (χ1) is 8.17. The number of halogens is 1. The van der Waals surface area contributed by atoms with Crippen molar-refractivity contribution in [2.45, 2.75) is 32.2 Å². The zero-order valence-corrected chi connectivity index (χ0v) is 10.6. The molecule has 0 bridgehead atoms. The maximum atomic E-state index is 14.2. The van der Waals surface area contributed by atoms with E-state index in [1.54, 1.807) is 0 Å². The van der Waals surface area contributed by atoms with Crippen LogP contribution in [0.5, 0.6) is 0 Å². The van der Waals surface area contributed by atoms with Crippen molar-refractivity contribution in [1.82, 2.24) is 15.3 Å². The third-order valence-corrected chi connectivity index (χ3v) is 3.47. The molecule has 1 saturated heterocycles. The Morgan fingerprint density at radius 3 is 2.82 bits per heavy atom. The summed E-state index contributed by atoms with van der Waals surface area (Å²) in [5.74, 6) is 0.330. The zero-order chi connectivity index (χ0) is 12.4. The standard InChI is InChI=1S/C12H19FN4/c1-4-8(2)11-10(13)12(16-7-15-11)17-5-9(6-17)14-3/h7-9,14H,4-6H2,1-3H3. The van der Waals surface area contributed by atoms with Gasteiger partial charge in [0.25, 0.3) is 0 Å². The van der Waals surface area contributed by atoms with Crippen LogP contribution >= 0.6 is 0 Å². The zero-order valence-electron chi connectivity index (χ0n) is 10.6. The van der Waals surface area contributed by atoms with Gasteiger partial charge in [0, 0.05) is 25.0 Å². The maximum Gasteiger partial charge on any atom is 0.187 e. The Hall–Kier alpha value is -1.23. The highest BCUT2D eigenvalue weighted by atomic mass is 19.1. The van der Waals surface area contributed by atoms with Gasteiger partial charge in [-0.15, -0.1) is 0 Å². The number of nitrogens with one attached hydrogen (secondary N) is 1. The highest BCUT2D eigenvalue weighted by molar-refractivity contribution is 5.45. The molecule has 0 saturated carbocycles. The quantitative estimate of drug-likeness (QED) is 0.864. The van der Waals surface area contributed by atoms with E-state index in [0.29, 0.717) is 17.6 Å². The van der Waals surface area contributed by atoms with Crippen LogP contribution in [0.1, 0.15) is 31.9 Å². The molecule has 1 aromatic heterocycles. The Balaban J connectivity index is 2.19. The van der Waals surface area contributed by atoms with E-state index in [1.165, 1.54) is 6.33 Å². The van der Waals surface area contributed by atoms with Gasteiger partial charge >= 0.3 is 0 Å². The van der Waals surface area contributed by atoms with Crippen molar-refractivity contribution in [1.29, 1.82) is 0 Å². The molecule has 0 amide bonds. The SMILES string of the molecule is CCC(C)c1ncnc(N2CC(NC)C2)c1F. The van der Waals surface area contributed by atoms with Gasteiger partial charge in [-0.25, -0.2) is 14.4 Å². The number of rotatable bonds is 4. The van der Waals surface area contributed by atoms with Crippen LogP contribution in [-0.4, -0.2) is 36.1 Å². The summed E-state index contributed by atoms with van der Waals surface area (Å²) in [7, 11) is 1.92. The molecule has 1 aliphatic heterocycles. The monoisotopic (exact) mass is 238 g/mol. The lowest BCUT2D eigenvalue weighted by Crippen LogP contribution is -2.57. The Kier molecular flexibility index (Phi) is 3.57. The van der Waals surface area contributed by atoms with Gasteiger partial charge in [-0.2, -0.15) is 0 Å². The number of hydrogen-bond donors (Lipinski definition) is 1. The van der Waals surface area contributed by atoms with Gasteiger partial charge in [0.15, 0.2) is 11.6 Å². The third-order valence-electron chi connectivity index (χ3n) is 3.47. The molecule has 1 fully saturated rings. The molecule has 0 spiro atoms. The second-order valence-electron chi connectivity index (χ2n) is 4.60. The largest absolute Gasteiger partial charge is 0.351 e. The normalized spacial score (nSPS) is 18.0. The lowest BCUT2D eigenvalue weighted by Gasteiger charge is -2.40. The van der Waals surface area contributed by atoms with E-state index in [0.717, 1.165) is 19.5 Å². The minimum absolute atomic E-state index is 0.137. The molecule has 1 aromatic rings. The summed E-state index contributed by atoms with van der Waals surface area (Å²) < 4.78 is 14.2. The molecule has 1 N–H and O–H groups in total. The van der Waals surface area contributed by atoms with Crippen molar-refractivity contribution in [3.8, 4) is 0 Å². The molecular weight excluding hydrogens is 219 g/mol. The number of nitrogens with zero attached hydrogens (tertiary/aromatic N) is 3. The van der Waals surface area contributed by atoms with Crippen LogP contribution in [-0.2, 0) is 0 Å². The van der Waals surface area contributed by atoms with Crippen LogP contribution in [0.3, 0.4) is 0 Å². The van der Waals surface area contributed by atoms with Crippen molar-refractivity contribution >= 4 is 5.82 Å². The predicted molar refractivity (Wildman–Crippen MR) is 65.8 cm³/mol. The fourth-order valence-corrected chi connectivity index (χ4v) is 1.97. The summed E-state index contributed by atoms with van der Waals surface area (Å²) in [5.41, 5.74) is 0.533. The van der Waals surface area contributed by atoms with E-state index in [2.05, 4.69) is 15.3 Å². The molecule has 1 atom stereocenters. The Labute approximate surface area is 101 Å².